The Morgan fingerprint density at radius 2 is 2.04 bits per heavy atom. The molecule has 6 nitrogen and oxygen atoms in total. The molecule has 0 unspecified atom stereocenters. The van der Waals surface area contributed by atoms with Gasteiger partial charge in [0.2, 0.25) is 0 Å². The molecular formula is C15H11ClIN3O3S. The van der Waals surface area contributed by atoms with Crippen molar-refractivity contribution in [3.63, 3.8) is 0 Å². The molecule has 2 aromatic rings. The monoisotopic (exact) mass is 475 g/mol. The van der Waals surface area contributed by atoms with E-state index < -0.39 is 10.8 Å². The predicted molar refractivity (Wildman–Crippen MR) is 106 cm³/mol. The van der Waals surface area contributed by atoms with E-state index in [1.165, 1.54) is 25.1 Å². The molecule has 0 heterocycles. The number of halogens is 2. The van der Waals surface area contributed by atoms with Crippen molar-refractivity contribution in [2.24, 2.45) is 0 Å². The zero-order chi connectivity index (χ0) is 17.9. The number of hydrogen-bond acceptors (Lipinski definition) is 4. The second-order valence-corrected chi connectivity index (χ2v) is 6.80. The van der Waals surface area contributed by atoms with Gasteiger partial charge in [-0.25, -0.2) is 0 Å². The molecule has 0 bridgehead atoms. The van der Waals surface area contributed by atoms with Crippen molar-refractivity contribution in [2.75, 3.05) is 5.32 Å². The number of carbonyl (C=O) groups is 1. The second kappa shape index (κ2) is 7.86. The van der Waals surface area contributed by atoms with Crippen LogP contribution < -0.4 is 10.6 Å². The number of rotatable bonds is 3. The van der Waals surface area contributed by atoms with E-state index in [0.717, 1.165) is 3.57 Å². The summed E-state index contributed by atoms with van der Waals surface area (Å²) < 4.78 is 0.963. The van der Waals surface area contributed by atoms with Crippen molar-refractivity contribution >= 4 is 68.8 Å². The Bertz CT molecular complexity index is 845. The second-order valence-electron chi connectivity index (χ2n) is 4.74. The maximum Gasteiger partial charge on any atom is 0.273 e. The fourth-order valence-electron chi connectivity index (χ4n) is 1.98. The fourth-order valence-corrected chi connectivity index (χ4v) is 3.09. The zero-order valence-electron chi connectivity index (χ0n) is 12.3. The number of nitro groups is 1. The lowest BCUT2D eigenvalue weighted by molar-refractivity contribution is -0.385. The zero-order valence-corrected chi connectivity index (χ0v) is 16.0. The minimum atomic E-state index is -0.534. The standard InChI is InChI=1S/C15H11ClIN3O3S/c1-8-10(3-2-4-13(8)20(22)23)14(21)19-15(24)18-12-6-5-9(17)7-11(12)16/h2-7H,1H3,(H2,18,19,21,24). The molecule has 0 radical (unpaired) electrons. The quantitative estimate of drug-likeness (QED) is 0.299. The maximum absolute atomic E-state index is 12.3. The number of amides is 1. The van der Waals surface area contributed by atoms with Crippen molar-refractivity contribution < 1.29 is 9.72 Å². The minimum absolute atomic E-state index is 0.0500. The van der Waals surface area contributed by atoms with Gasteiger partial charge in [-0.1, -0.05) is 17.7 Å². The first kappa shape index (κ1) is 18.6. The van der Waals surface area contributed by atoms with Gasteiger partial charge in [-0.05, 0) is 66.0 Å². The van der Waals surface area contributed by atoms with Gasteiger partial charge in [-0.3, -0.25) is 20.2 Å². The van der Waals surface area contributed by atoms with Gasteiger partial charge in [-0.15, -0.1) is 0 Å². The van der Waals surface area contributed by atoms with Crippen LogP contribution in [0.4, 0.5) is 11.4 Å². The van der Waals surface area contributed by atoms with Crippen LogP contribution in [0, 0.1) is 20.6 Å². The van der Waals surface area contributed by atoms with Crippen molar-refractivity contribution in [1.82, 2.24) is 5.32 Å². The summed E-state index contributed by atoms with van der Waals surface area (Å²) in [6.07, 6.45) is 0. The molecule has 24 heavy (non-hydrogen) atoms. The molecule has 0 saturated heterocycles. The van der Waals surface area contributed by atoms with E-state index in [1.807, 2.05) is 6.07 Å². The maximum atomic E-state index is 12.3. The van der Waals surface area contributed by atoms with Crippen LogP contribution in [0.25, 0.3) is 0 Å². The van der Waals surface area contributed by atoms with E-state index in [-0.39, 0.29) is 21.9 Å². The molecule has 0 aromatic heterocycles. The number of nitrogens with zero attached hydrogens (tertiary/aromatic N) is 1. The fraction of sp³-hybridized carbons (Fsp3) is 0.0667. The van der Waals surface area contributed by atoms with Gasteiger partial charge in [0, 0.05) is 20.8 Å². The van der Waals surface area contributed by atoms with E-state index in [2.05, 4.69) is 33.2 Å². The summed E-state index contributed by atoms with van der Waals surface area (Å²) >= 11 is 13.3. The Balaban J connectivity index is 2.13. The van der Waals surface area contributed by atoms with Gasteiger partial charge in [0.15, 0.2) is 5.11 Å². The van der Waals surface area contributed by atoms with Crippen LogP contribution in [0.5, 0.6) is 0 Å². The molecule has 124 valence electrons. The average Bonchev–Trinajstić information content (AvgIpc) is 2.49. The van der Waals surface area contributed by atoms with E-state index in [0.29, 0.717) is 10.7 Å². The summed E-state index contributed by atoms with van der Waals surface area (Å²) in [7, 11) is 0. The lowest BCUT2D eigenvalue weighted by Gasteiger charge is -2.12. The van der Waals surface area contributed by atoms with Gasteiger partial charge in [-0.2, -0.15) is 0 Å². The molecule has 2 rings (SSSR count). The smallest absolute Gasteiger partial charge is 0.273 e. The number of nitrogens with one attached hydrogen (secondary N) is 2. The van der Waals surface area contributed by atoms with Gasteiger partial charge in [0.05, 0.1) is 15.6 Å². The molecule has 0 fully saturated rings. The largest absolute Gasteiger partial charge is 0.331 e. The molecule has 0 atom stereocenters. The Kier molecular flexibility index (Phi) is 6.08. The number of nitro benzene ring substituents is 1. The molecule has 0 spiro atoms. The minimum Gasteiger partial charge on any atom is -0.331 e. The highest BCUT2D eigenvalue weighted by Crippen LogP contribution is 2.24. The lowest BCUT2D eigenvalue weighted by Crippen LogP contribution is -2.34. The third-order valence-corrected chi connectivity index (χ3v) is 4.34. The van der Waals surface area contributed by atoms with Crippen molar-refractivity contribution in [3.8, 4) is 0 Å². The van der Waals surface area contributed by atoms with E-state index >= 15 is 0 Å². The normalized spacial score (nSPS) is 10.1. The van der Waals surface area contributed by atoms with Gasteiger partial charge in [0.1, 0.15) is 0 Å². The Hall–Kier alpha value is -1.78. The van der Waals surface area contributed by atoms with Crippen LogP contribution in [0.3, 0.4) is 0 Å². The number of carbonyl (C=O) groups excluding carboxylic acids is 1. The number of hydrogen-bond donors (Lipinski definition) is 2. The molecule has 2 N–H and O–H groups in total. The van der Waals surface area contributed by atoms with E-state index in [4.69, 9.17) is 23.8 Å². The summed E-state index contributed by atoms with van der Waals surface area (Å²) in [4.78, 5) is 22.7. The van der Waals surface area contributed by atoms with Crippen LogP contribution in [-0.2, 0) is 0 Å². The topological polar surface area (TPSA) is 84.3 Å². The first-order valence-corrected chi connectivity index (χ1v) is 8.47. The third-order valence-electron chi connectivity index (χ3n) is 3.15. The highest BCUT2D eigenvalue weighted by atomic mass is 127. The van der Waals surface area contributed by atoms with Crippen LogP contribution >= 0.6 is 46.4 Å². The first-order valence-electron chi connectivity index (χ1n) is 6.61. The molecule has 2 aromatic carbocycles. The van der Waals surface area contributed by atoms with E-state index in [9.17, 15) is 14.9 Å². The van der Waals surface area contributed by atoms with Gasteiger partial charge in [0.25, 0.3) is 11.6 Å². The Morgan fingerprint density at radius 3 is 2.67 bits per heavy atom. The summed E-state index contributed by atoms with van der Waals surface area (Å²) in [5.74, 6) is -0.532. The Morgan fingerprint density at radius 1 is 1.33 bits per heavy atom. The molecule has 9 heteroatoms. The molecule has 0 aliphatic rings. The van der Waals surface area contributed by atoms with Crippen molar-refractivity contribution in [2.45, 2.75) is 6.92 Å². The van der Waals surface area contributed by atoms with Crippen LogP contribution in [0.1, 0.15) is 15.9 Å². The van der Waals surface area contributed by atoms with Crippen LogP contribution in [-0.4, -0.2) is 15.9 Å². The number of benzene rings is 2. The van der Waals surface area contributed by atoms with Crippen molar-refractivity contribution in [1.29, 1.82) is 0 Å². The summed E-state index contributed by atoms with van der Waals surface area (Å²) in [6.45, 7) is 1.51. The highest BCUT2D eigenvalue weighted by Gasteiger charge is 2.18. The summed E-state index contributed by atoms with van der Waals surface area (Å²) in [6, 6.07) is 9.61. The van der Waals surface area contributed by atoms with E-state index in [1.54, 1.807) is 12.1 Å². The third kappa shape index (κ3) is 4.40. The van der Waals surface area contributed by atoms with Crippen LogP contribution in [0.15, 0.2) is 36.4 Å². The predicted octanol–water partition coefficient (Wildman–Crippen LogP) is 4.29. The molecular weight excluding hydrogens is 465 g/mol. The number of thiocarbonyl (C=S) groups is 1. The summed E-state index contributed by atoms with van der Waals surface area (Å²) in [5, 5.41) is 16.8. The van der Waals surface area contributed by atoms with Crippen molar-refractivity contribution in [3.05, 3.63) is 66.2 Å². The Labute approximate surface area is 161 Å². The molecule has 0 aliphatic carbocycles. The van der Waals surface area contributed by atoms with Gasteiger partial charge < -0.3 is 5.32 Å². The average molecular weight is 476 g/mol. The first-order chi connectivity index (χ1) is 11.3. The highest BCUT2D eigenvalue weighted by molar-refractivity contribution is 14.1. The molecule has 0 aliphatic heterocycles. The molecule has 1 amide bonds. The SMILES string of the molecule is Cc1c(C(=O)NC(=S)Nc2ccc(I)cc2Cl)cccc1[N+](=O)[O-]. The van der Waals surface area contributed by atoms with Crippen LogP contribution in [0.2, 0.25) is 5.02 Å². The summed E-state index contributed by atoms with van der Waals surface area (Å²) in [5.41, 5.74) is 0.887. The molecule has 0 saturated carbocycles. The lowest BCUT2D eigenvalue weighted by atomic mass is 10.1. The number of anilines is 1. The van der Waals surface area contributed by atoms with Gasteiger partial charge >= 0.3 is 0 Å².